The quantitative estimate of drug-likeness (QED) is 0.707. The minimum atomic E-state index is -0.509. The van der Waals surface area contributed by atoms with Gasteiger partial charge in [-0.1, -0.05) is 30.3 Å². The number of thiophene rings is 1. The van der Waals surface area contributed by atoms with Gasteiger partial charge in [0.15, 0.2) is 6.61 Å². The molecule has 0 spiro atoms. The van der Waals surface area contributed by atoms with E-state index >= 15 is 0 Å². The van der Waals surface area contributed by atoms with Gasteiger partial charge in [-0.05, 0) is 30.3 Å². The van der Waals surface area contributed by atoms with Crippen molar-refractivity contribution in [1.82, 2.24) is 0 Å². The predicted octanol–water partition coefficient (Wildman–Crippen LogP) is 4.10. The summed E-state index contributed by atoms with van der Waals surface area (Å²) >= 11 is 1.36. The number of amides is 1. The Labute approximate surface area is 154 Å². The van der Waals surface area contributed by atoms with Crippen molar-refractivity contribution in [1.29, 1.82) is 0 Å². The fourth-order valence-corrected chi connectivity index (χ4v) is 3.81. The summed E-state index contributed by atoms with van der Waals surface area (Å²) in [4.78, 5) is 25.7. The number of nitrogens with one attached hydrogen (secondary N) is 1. The first-order valence-electron chi connectivity index (χ1n) is 8.07. The Morgan fingerprint density at radius 2 is 1.85 bits per heavy atom. The van der Waals surface area contributed by atoms with E-state index in [0.29, 0.717) is 17.2 Å². The van der Waals surface area contributed by atoms with Gasteiger partial charge in [-0.15, -0.1) is 11.3 Å². The van der Waals surface area contributed by atoms with E-state index in [9.17, 15) is 9.59 Å². The van der Waals surface area contributed by atoms with Gasteiger partial charge in [0.1, 0.15) is 17.2 Å². The van der Waals surface area contributed by atoms with Crippen molar-refractivity contribution in [2.45, 2.75) is 6.61 Å². The van der Waals surface area contributed by atoms with Gasteiger partial charge in [0.2, 0.25) is 0 Å². The number of carbonyl (C=O) groups is 2. The van der Waals surface area contributed by atoms with Crippen LogP contribution in [0.5, 0.6) is 5.75 Å². The Balaban J connectivity index is 1.42. The molecule has 6 heteroatoms. The normalized spacial score (nSPS) is 11.7. The predicted molar refractivity (Wildman–Crippen MR) is 99.4 cm³/mol. The van der Waals surface area contributed by atoms with Crippen LogP contribution in [-0.2, 0) is 16.1 Å². The minimum Gasteiger partial charge on any atom is -0.488 e. The van der Waals surface area contributed by atoms with Gasteiger partial charge in [0.25, 0.3) is 5.91 Å². The van der Waals surface area contributed by atoms with Crippen LogP contribution in [0, 0.1) is 0 Å². The molecular weight excluding hydrogens is 350 g/mol. The summed E-state index contributed by atoms with van der Waals surface area (Å²) in [5.41, 5.74) is 2.59. The van der Waals surface area contributed by atoms with Crippen molar-refractivity contribution in [3.05, 3.63) is 71.1 Å². The zero-order valence-corrected chi connectivity index (χ0v) is 14.5. The molecule has 0 unspecified atom stereocenters. The van der Waals surface area contributed by atoms with Gasteiger partial charge < -0.3 is 14.8 Å². The molecule has 1 aliphatic heterocycles. The summed E-state index contributed by atoms with van der Waals surface area (Å²) in [5.74, 6) is -0.0753. The number of para-hydroxylation sites is 2. The Kier molecular flexibility index (Phi) is 4.41. The second-order valence-corrected chi connectivity index (χ2v) is 6.79. The highest BCUT2D eigenvalue weighted by molar-refractivity contribution is 7.17. The number of anilines is 1. The third kappa shape index (κ3) is 3.32. The van der Waals surface area contributed by atoms with Crippen LogP contribution in [0.3, 0.4) is 0 Å². The second kappa shape index (κ2) is 7.01. The first-order valence-corrected chi connectivity index (χ1v) is 8.89. The SMILES string of the molecule is O=C(COC(=O)c1cc2c(s1)-c1ccccc1OC2)Nc1ccccc1. The molecule has 0 atom stereocenters. The van der Waals surface area contributed by atoms with E-state index in [1.165, 1.54) is 11.3 Å². The van der Waals surface area contributed by atoms with Gasteiger partial charge in [-0.2, -0.15) is 0 Å². The third-order valence-electron chi connectivity index (χ3n) is 3.92. The van der Waals surface area contributed by atoms with Crippen LogP contribution in [0.4, 0.5) is 5.69 Å². The highest BCUT2D eigenvalue weighted by Gasteiger charge is 2.23. The first-order chi connectivity index (χ1) is 12.7. The van der Waals surface area contributed by atoms with Crippen molar-refractivity contribution in [2.75, 3.05) is 11.9 Å². The summed E-state index contributed by atoms with van der Waals surface area (Å²) in [7, 11) is 0. The monoisotopic (exact) mass is 365 g/mol. The summed E-state index contributed by atoms with van der Waals surface area (Å²) in [6, 6.07) is 18.5. The number of carbonyl (C=O) groups excluding carboxylic acids is 2. The Bertz CT molecular complexity index is 965. The van der Waals surface area contributed by atoms with Gasteiger partial charge in [0.05, 0.1) is 0 Å². The van der Waals surface area contributed by atoms with Crippen LogP contribution in [0.25, 0.3) is 10.4 Å². The topological polar surface area (TPSA) is 64.6 Å². The number of ether oxygens (including phenoxy) is 2. The number of esters is 1. The standard InChI is InChI=1S/C20H15NO4S/c22-18(21-14-6-2-1-3-7-14)12-25-20(23)17-10-13-11-24-16-9-5-4-8-15(16)19(13)26-17/h1-10H,11-12H2,(H,21,22). The number of fused-ring (bicyclic) bond motifs is 3. The molecule has 0 radical (unpaired) electrons. The average Bonchev–Trinajstić information content (AvgIpc) is 3.12. The molecule has 0 saturated heterocycles. The van der Waals surface area contributed by atoms with E-state index in [1.54, 1.807) is 18.2 Å². The van der Waals surface area contributed by atoms with E-state index in [-0.39, 0.29) is 12.5 Å². The van der Waals surface area contributed by atoms with Crippen LogP contribution in [0.1, 0.15) is 15.2 Å². The second-order valence-electron chi connectivity index (χ2n) is 5.74. The summed E-state index contributed by atoms with van der Waals surface area (Å²) in [5, 5.41) is 2.68. The molecule has 2 aromatic carbocycles. The smallest absolute Gasteiger partial charge is 0.348 e. The maximum Gasteiger partial charge on any atom is 0.348 e. The summed E-state index contributed by atoms with van der Waals surface area (Å²) in [6.45, 7) is 0.0913. The lowest BCUT2D eigenvalue weighted by molar-refractivity contribution is -0.119. The van der Waals surface area contributed by atoms with Crippen LogP contribution < -0.4 is 10.1 Å². The van der Waals surface area contributed by atoms with Crippen molar-refractivity contribution >= 4 is 28.9 Å². The van der Waals surface area contributed by atoms with Crippen molar-refractivity contribution in [3.8, 4) is 16.2 Å². The number of hydrogen-bond donors (Lipinski definition) is 1. The van der Waals surface area contributed by atoms with Gasteiger partial charge in [0, 0.05) is 21.7 Å². The zero-order chi connectivity index (χ0) is 17.9. The maximum absolute atomic E-state index is 12.3. The van der Waals surface area contributed by atoms with Gasteiger partial charge in [-0.3, -0.25) is 4.79 Å². The van der Waals surface area contributed by atoms with Gasteiger partial charge >= 0.3 is 5.97 Å². The minimum absolute atomic E-state index is 0.330. The van der Waals surface area contributed by atoms with Crippen molar-refractivity contribution < 1.29 is 19.1 Å². The van der Waals surface area contributed by atoms with E-state index < -0.39 is 5.97 Å². The number of benzene rings is 2. The molecule has 0 fully saturated rings. The molecule has 1 aliphatic rings. The third-order valence-corrected chi connectivity index (χ3v) is 5.11. The van der Waals surface area contributed by atoms with Gasteiger partial charge in [-0.25, -0.2) is 4.79 Å². The lowest BCUT2D eigenvalue weighted by Crippen LogP contribution is -2.20. The van der Waals surface area contributed by atoms with E-state index in [1.807, 2.05) is 42.5 Å². The molecule has 0 aliphatic carbocycles. The lowest BCUT2D eigenvalue weighted by Gasteiger charge is -2.16. The Hall–Kier alpha value is -3.12. The Morgan fingerprint density at radius 3 is 2.69 bits per heavy atom. The molecule has 4 rings (SSSR count). The number of rotatable bonds is 4. The molecule has 1 amide bonds. The fraction of sp³-hybridized carbons (Fsp3) is 0.100. The van der Waals surface area contributed by atoms with E-state index in [4.69, 9.17) is 9.47 Å². The largest absolute Gasteiger partial charge is 0.488 e. The molecule has 5 nitrogen and oxygen atoms in total. The average molecular weight is 365 g/mol. The summed E-state index contributed by atoms with van der Waals surface area (Å²) in [6.07, 6.45) is 0. The molecule has 130 valence electrons. The zero-order valence-electron chi connectivity index (χ0n) is 13.7. The molecule has 3 aromatic rings. The molecular formula is C20H15NO4S. The van der Waals surface area contributed by atoms with Crippen LogP contribution >= 0.6 is 11.3 Å². The lowest BCUT2D eigenvalue weighted by atomic mass is 10.1. The number of hydrogen-bond acceptors (Lipinski definition) is 5. The van der Waals surface area contributed by atoms with E-state index in [2.05, 4.69) is 5.32 Å². The van der Waals surface area contributed by atoms with Crippen LogP contribution in [0.2, 0.25) is 0 Å². The fourth-order valence-electron chi connectivity index (χ4n) is 2.72. The highest BCUT2D eigenvalue weighted by Crippen LogP contribution is 2.42. The van der Waals surface area contributed by atoms with E-state index in [0.717, 1.165) is 21.8 Å². The van der Waals surface area contributed by atoms with Crippen LogP contribution in [-0.4, -0.2) is 18.5 Å². The molecule has 0 saturated carbocycles. The van der Waals surface area contributed by atoms with Crippen molar-refractivity contribution in [3.63, 3.8) is 0 Å². The molecule has 2 heterocycles. The Morgan fingerprint density at radius 1 is 1.08 bits per heavy atom. The van der Waals surface area contributed by atoms with Crippen LogP contribution in [0.15, 0.2) is 60.7 Å². The highest BCUT2D eigenvalue weighted by atomic mass is 32.1. The molecule has 1 aromatic heterocycles. The maximum atomic E-state index is 12.3. The summed E-state index contributed by atoms with van der Waals surface area (Å²) < 4.78 is 10.8. The van der Waals surface area contributed by atoms with Crippen molar-refractivity contribution in [2.24, 2.45) is 0 Å². The molecule has 1 N–H and O–H groups in total. The molecule has 0 bridgehead atoms. The molecule has 26 heavy (non-hydrogen) atoms. The first kappa shape index (κ1) is 16.4.